The molecule has 1 atom stereocenters. The smallest absolute Gasteiger partial charge is 0.198 e. The molecule has 1 N–H and O–H groups in total. The maximum atomic E-state index is 10.5. The summed E-state index contributed by atoms with van der Waals surface area (Å²) in [7, 11) is 0. The topological polar surface area (TPSA) is 37.3 Å². The van der Waals surface area contributed by atoms with Crippen LogP contribution in [0.5, 0.6) is 0 Å². The molecule has 2 nitrogen and oxygen atoms in total. The fourth-order valence-corrected chi connectivity index (χ4v) is 3.41. The van der Waals surface area contributed by atoms with Crippen molar-refractivity contribution in [3.05, 3.63) is 14.3 Å². The highest BCUT2D eigenvalue weighted by atomic mass is 79.9. The van der Waals surface area contributed by atoms with Gasteiger partial charge in [0.15, 0.2) is 11.1 Å². The molecular weight excluding hydrogens is 304 g/mol. The molecule has 0 saturated heterocycles. The van der Waals surface area contributed by atoms with E-state index in [1.807, 2.05) is 0 Å². The van der Waals surface area contributed by atoms with Crippen LogP contribution in [0.2, 0.25) is 0 Å². The summed E-state index contributed by atoms with van der Waals surface area (Å²) in [5.74, 6) is 0. The van der Waals surface area contributed by atoms with Crippen molar-refractivity contribution in [3.63, 3.8) is 0 Å². The van der Waals surface area contributed by atoms with Gasteiger partial charge in [0.05, 0.1) is 4.47 Å². The lowest BCUT2D eigenvalue weighted by Gasteiger charge is -1.87. The SMILES string of the molecule is O=S(O)c1scc(Br)c1Br. The van der Waals surface area contributed by atoms with E-state index in [9.17, 15) is 4.21 Å². The second kappa shape index (κ2) is 3.44. The summed E-state index contributed by atoms with van der Waals surface area (Å²) in [6, 6.07) is 0. The van der Waals surface area contributed by atoms with Gasteiger partial charge in [-0.2, -0.15) is 0 Å². The second-order valence-corrected chi connectivity index (χ2v) is 5.13. The zero-order chi connectivity index (χ0) is 7.72. The van der Waals surface area contributed by atoms with Gasteiger partial charge in [-0.05, 0) is 31.9 Å². The van der Waals surface area contributed by atoms with Crippen LogP contribution in [0.25, 0.3) is 0 Å². The van der Waals surface area contributed by atoms with Crippen molar-refractivity contribution >= 4 is 54.3 Å². The van der Waals surface area contributed by atoms with Gasteiger partial charge in [0, 0.05) is 9.85 Å². The van der Waals surface area contributed by atoms with E-state index in [0.29, 0.717) is 8.68 Å². The van der Waals surface area contributed by atoms with Gasteiger partial charge in [0.25, 0.3) is 0 Å². The summed E-state index contributed by atoms with van der Waals surface area (Å²) >= 11 is 5.73. The summed E-state index contributed by atoms with van der Waals surface area (Å²) in [6.45, 7) is 0. The highest BCUT2D eigenvalue weighted by Crippen LogP contribution is 2.34. The Morgan fingerprint density at radius 1 is 1.60 bits per heavy atom. The molecule has 0 amide bonds. The van der Waals surface area contributed by atoms with Gasteiger partial charge >= 0.3 is 0 Å². The molecule has 0 aliphatic rings. The molecule has 0 radical (unpaired) electrons. The van der Waals surface area contributed by atoms with Crippen molar-refractivity contribution in [1.82, 2.24) is 0 Å². The number of thiophene rings is 1. The van der Waals surface area contributed by atoms with Crippen molar-refractivity contribution in [1.29, 1.82) is 0 Å². The predicted molar refractivity (Wildman–Crippen MR) is 48.8 cm³/mol. The first kappa shape index (κ1) is 8.86. The van der Waals surface area contributed by atoms with Crippen molar-refractivity contribution in [2.45, 2.75) is 4.21 Å². The molecule has 0 saturated carbocycles. The van der Waals surface area contributed by atoms with Gasteiger partial charge in [-0.3, -0.25) is 0 Å². The van der Waals surface area contributed by atoms with Crippen LogP contribution in [0, 0.1) is 0 Å². The Bertz CT molecular complexity index is 270. The molecule has 1 heterocycles. The molecule has 0 aliphatic heterocycles. The molecule has 10 heavy (non-hydrogen) atoms. The number of halogens is 2. The van der Waals surface area contributed by atoms with E-state index in [1.54, 1.807) is 5.38 Å². The summed E-state index contributed by atoms with van der Waals surface area (Å²) in [4.78, 5) is 0. The zero-order valence-corrected chi connectivity index (χ0v) is 9.31. The van der Waals surface area contributed by atoms with Crippen molar-refractivity contribution in [3.8, 4) is 0 Å². The Kier molecular flexibility index (Phi) is 3.05. The molecule has 0 bridgehead atoms. The summed E-state index contributed by atoms with van der Waals surface area (Å²) in [5, 5.41) is 1.76. The molecule has 0 aromatic carbocycles. The van der Waals surface area contributed by atoms with Gasteiger partial charge in [-0.1, -0.05) is 0 Å². The van der Waals surface area contributed by atoms with Gasteiger partial charge in [-0.15, -0.1) is 11.3 Å². The minimum atomic E-state index is -1.88. The third kappa shape index (κ3) is 1.68. The normalized spacial score (nSPS) is 13.5. The molecule has 1 rings (SSSR count). The van der Waals surface area contributed by atoms with Crippen LogP contribution in [0.4, 0.5) is 0 Å². The van der Waals surface area contributed by atoms with E-state index in [4.69, 9.17) is 4.55 Å². The average Bonchev–Trinajstić information content (AvgIpc) is 2.14. The van der Waals surface area contributed by atoms with E-state index in [2.05, 4.69) is 31.9 Å². The van der Waals surface area contributed by atoms with Crippen LogP contribution in [-0.4, -0.2) is 8.76 Å². The van der Waals surface area contributed by atoms with Crippen LogP contribution in [0.3, 0.4) is 0 Å². The Morgan fingerprint density at radius 2 is 2.20 bits per heavy atom. The first-order valence-electron chi connectivity index (χ1n) is 2.16. The van der Waals surface area contributed by atoms with Gasteiger partial charge in [-0.25, -0.2) is 4.21 Å². The second-order valence-electron chi connectivity index (χ2n) is 1.43. The summed E-state index contributed by atoms with van der Waals surface area (Å²) < 4.78 is 21.1. The third-order valence-corrected chi connectivity index (χ3v) is 5.64. The van der Waals surface area contributed by atoms with Crippen LogP contribution < -0.4 is 0 Å². The fraction of sp³-hybridized carbons (Fsp3) is 0. The minimum absolute atomic E-state index is 0.437. The van der Waals surface area contributed by atoms with E-state index in [1.165, 1.54) is 11.3 Å². The monoisotopic (exact) mass is 304 g/mol. The van der Waals surface area contributed by atoms with Gasteiger partial charge < -0.3 is 4.55 Å². The largest absolute Gasteiger partial charge is 0.302 e. The number of hydrogen-bond donors (Lipinski definition) is 1. The Morgan fingerprint density at radius 3 is 2.40 bits per heavy atom. The first-order valence-corrected chi connectivity index (χ1v) is 5.73. The van der Waals surface area contributed by atoms with Crippen molar-refractivity contribution < 1.29 is 8.76 Å². The molecular formula is C4H2Br2O2S2. The number of rotatable bonds is 1. The fourth-order valence-electron chi connectivity index (χ4n) is 0.424. The van der Waals surface area contributed by atoms with E-state index in [0.717, 1.165) is 4.47 Å². The van der Waals surface area contributed by atoms with Crippen molar-refractivity contribution in [2.75, 3.05) is 0 Å². The average molecular weight is 306 g/mol. The molecule has 0 fully saturated rings. The molecule has 0 spiro atoms. The van der Waals surface area contributed by atoms with Crippen LogP contribution in [-0.2, 0) is 11.1 Å². The van der Waals surface area contributed by atoms with Gasteiger partial charge in [0.1, 0.15) is 4.21 Å². The van der Waals surface area contributed by atoms with Crippen LogP contribution in [0.1, 0.15) is 0 Å². The molecule has 0 aliphatic carbocycles. The maximum Gasteiger partial charge on any atom is 0.198 e. The first-order chi connectivity index (χ1) is 4.63. The van der Waals surface area contributed by atoms with Crippen LogP contribution >= 0.6 is 43.2 Å². The lowest BCUT2D eigenvalue weighted by molar-refractivity contribution is 0.566. The van der Waals surface area contributed by atoms with Crippen LogP contribution in [0.15, 0.2) is 18.5 Å². The molecule has 56 valence electrons. The predicted octanol–water partition coefficient (Wildman–Crippen LogP) is 2.85. The minimum Gasteiger partial charge on any atom is -0.302 e. The Hall–Kier alpha value is 0.770. The lowest BCUT2D eigenvalue weighted by atomic mass is 10.7. The summed E-state index contributed by atoms with van der Waals surface area (Å²) in [6.07, 6.45) is 0. The van der Waals surface area contributed by atoms with Gasteiger partial charge in [0.2, 0.25) is 0 Å². The lowest BCUT2D eigenvalue weighted by Crippen LogP contribution is -1.82. The van der Waals surface area contributed by atoms with E-state index >= 15 is 0 Å². The van der Waals surface area contributed by atoms with Crippen molar-refractivity contribution in [2.24, 2.45) is 0 Å². The molecule has 6 heteroatoms. The number of hydrogen-bond acceptors (Lipinski definition) is 2. The molecule has 1 aromatic heterocycles. The summed E-state index contributed by atoms with van der Waals surface area (Å²) in [5.41, 5.74) is 0. The molecule has 1 unspecified atom stereocenters. The highest BCUT2D eigenvalue weighted by molar-refractivity contribution is 9.13. The standard InChI is InChI=1S/C4H2Br2O2S2/c5-2-1-9-4(3(2)6)10(7)8/h1H,(H,7,8). The van der Waals surface area contributed by atoms with E-state index in [-0.39, 0.29) is 0 Å². The molecule has 1 aromatic rings. The third-order valence-electron chi connectivity index (χ3n) is 0.817. The quantitative estimate of drug-likeness (QED) is 0.810. The Labute approximate surface area is 81.2 Å². The Balaban J connectivity index is 3.17. The van der Waals surface area contributed by atoms with E-state index < -0.39 is 11.1 Å². The highest BCUT2D eigenvalue weighted by Gasteiger charge is 2.10. The maximum absolute atomic E-state index is 10.5. The zero-order valence-electron chi connectivity index (χ0n) is 4.51.